The number of hydrogen-bond acceptors (Lipinski definition) is 10. The highest BCUT2D eigenvalue weighted by Crippen LogP contribution is 2.59. The smallest absolute Gasteiger partial charge is 0.338 e. The number of esters is 3. The molecule has 258 valence electrons. The molecule has 2 bridgehead atoms. The van der Waals surface area contributed by atoms with E-state index in [1.54, 1.807) is 65.0 Å². The second kappa shape index (κ2) is 13.6. The van der Waals surface area contributed by atoms with Gasteiger partial charge in [-0.15, -0.1) is 0 Å². The normalized spacial score (nSPS) is 33.0. The van der Waals surface area contributed by atoms with E-state index in [-0.39, 0.29) is 37.0 Å². The summed E-state index contributed by atoms with van der Waals surface area (Å²) in [5.74, 6) is -3.71. The third kappa shape index (κ3) is 6.33. The van der Waals surface area contributed by atoms with Crippen LogP contribution in [0.25, 0.3) is 0 Å². The molecule has 2 aromatic carbocycles. The molecular formula is C38H46O10. The van der Waals surface area contributed by atoms with Crippen molar-refractivity contribution in [2.24, 2.45) is 16.7 Å². The van der Waals surface area contributed by atoms with E-state index in [9.17, 15) is 29.4 Å². The van der Waals surface area contributed by atoms with Gasteiger partial charge in [0.15, 0.2) is 11.9 Å². The second-order valence-corrected chi connectivity index (χ2v) is 14.1. The maximum atomic E-state index is 14.9. The van der Waals surface area contributed by atoms with Gasteiger partial charge in [-0.2, -0.15) is 0 Å². The second-order valence-electron chi connectivity index (χ2n) is 14.1. The summed E-state index contributed by atoms with van der Waals surface area (Å²) in [6.45, 7) is 9.44. The van der Waals surface area contributed by atoms with Crippen molar-refractivity contribution in [1.82, 2.24) is 0 Å². The molecule has 2 N–H and O–H groups in total. The van der Waals surface area contributed by atoms with Crippen LogP contribution in [-0.4, -0.2) is 76.6 Å². The highest BCUT2D eigenvalue weighted by molar-refractivity contribution is 5.95. The Balaban J connectivity index is 1.67. The zero-order valence-electron chi connectivity index (χ0n) is 28.4. The van der Waals surface area contributed by atoms with Gasteiger partial charge in [-0.1, -0.05) is 62.4 Å². The zero-order chi connectivity index (χ0) is 35.0. The molecule has 0 aromatic heterocycles. The van der Waals surface area contributed by atoms with Crippen molar-refractivity contribution in [3.63, 3.8) is 0 Å². The van der Waals surface area contributed by atoms with E-state index in [1.807, 2.05) is 30.3 Å². The highest BCUT2D eigenvalue weighted by atomic mass is 16.6. The predicted molar refractivity (Wildman–Crippen MR) is 175 cm³/mol. The topological polar surface area (TPSA) is 146 Å². The number of benzene rings is 2. The SMILES string of the molecule is CC(=O)O[C@H]1C(=O)[C@]2(C)[C@@H](O)C[C@H](C)OC[C@H]2[C@H](OC(=O)c2ccccc2)[C@]2(O)C[C@H](OC(=O)CCc3ccccc3)C(C)=C1C2(C)C. The molecule has 0 amide bonds. The standard InChI is InChI=1S/C38H46O10/c1-22-19-29(40)37(6)27(21-45-22)34(48-35(43)26-15-11-8-12-16-26)38(44)20-28(47-30(41)18-17-25-13-9-7-10-14-25)23(2)31(36(38,4)5)32(33(37)42)46-24(3)39/h7-16,22,27-29,32,34,40,44H,17-21H2,1-6H3/t22-,27-,28-,29-,32+,34-,37-,38+/m0/s1. The lowest BCUT2D eigenvalue weighted by Crippen LogP contribution is -2.70. The van der Waals surface area contributed by atoms with E-state index in [4.69, 9.17) is 18.9 Å². The minimum absolute atomic E-state index is 0.0578. The van der Waals surface area contributed by atoms with Gasteiger partial charge in [0.25, 0.3) is 0 Å². The predicted octanol–water partition coefficient (Wildman–Crippen LogP) is 4.54. The molecule has 0 radical (unpaired) electrons. The average Bonchev–Trinajstić information content (AvgIpc) is 3.15. The maximum absolute atomic E-state index is 14.9. The number of ketones is 1. The molecule has 2 fully saturated rings. The first-order valence-electron chi connectivity index (χ1n) is 16.5. The molecule has 3 aliphatic rings. The van der Waals surface area contributed by atoms with E-state index in [0.717, 1.165) is 5.56 Å². The molecule has 2 aromatic rings. The minimum Gasteiger partial charge on any atom is -0.458 e. The van der Waals surface area contributed by atoms with Crippen LogP contribution in [0.2, 0.25) is 0 Å². The van der Waals surface area contributed by atoms with Crippen molar-refractivity contribution in [2.45, 2.75) is 103 Å². The summed E-state index contributed by atoms with van der Waals surface area (Å²) in [4.78, 5) is 54.7. The Labute approximate surface area is 281 Å². The first kappa shape index (κ1) is 35.4. The van der Waals surface area contributed by atoms with Gasteiger partial charge in [-0.25, -0.2) is 4.79 Å². The van der Waals surface area contributed by atoms with Gasteiger partial charge in [0, 0.05) is 37.5 Å². The monoisotopic (exact) mass is 662 g/mol. The number of carbonyl (C=O) groups excluding carboxylic acids is 4. The van der Waals surface area contributed by atoms with Gasteiger partial charge in [-0.05, 0) is 56.0 Å². The Kier molecular flexibility index (Phi) is 10.0. The molecule has 1 heterocycles. The minimum atomic E-state index is -2.00. The van der Waals surface area contributed by atoms with Gasteiger partial charge >= 0.3 is 17.9 Å². The molecule has 0 spiro atoms. The molecule has 1 aliphatic heterocycles. The van der Waals surface area contributed by atoms with Crippen LogP contribution in [0.15, 0.2) is 71.8 Å². The first-order chi connectivity index (χ1) is 22.6. The van der Waals surface area contributed by atoms with Crippen LogP contribution >= 0.6 is 0 Å². The summed E-state index contributed by atoms with van der Waals surface area (Å²) in [6, 6.07) is 17.7. The largest absolute Gasteiger partial charge is 0.458 e. The van der Waals surface area contributed by atoms with Gasteiger partial charge in [-0.3, -0.25) is 14.4 Å². The lowest BCUT2D eigenvalue weighted by molar-refractivity contribution is -0.219. The van der Waals surface area contributed by atoms with Gasteiger partial charge in [0.2, 0.25) is 0 Å². The number of hydrogen-bond donors (Lipinski definition) is 2. The Morgan fingerprint density at radius 2 is 1.58 bits per heavy atom. The van der Waals surface area contributed by atoms with Crippen LogP contribution in [-0.2, 0) is 39.8 Å². The van der Waals surface area contributed by atoms with Crippen molar-refractivity contribution >= 4 is 23.7 Å². The van der Waals surface area contributed by atoms with Crippen molar-refractivity contribution in [3.8, 4) is 0 Å². The van der Waals surface area contributed by atoms with Crippen LogP contribution in [0.4, 0.5) is 0 Å². The quantitative estimate of drug-likeness (QED) is 0.246. The van der Waals surface area contributed by atoms with E-state index < -0.39 is 76.6 Å². The number of rotatable bonds is 7. The summed E-state index contributed by atoms with van der Waals surface area (Å²) in [7, 11) is 0. The fraction of sp³-hybridized carbons (Fsp3) is 0.526. The molecule has 8 atom stereocenters. The van der Waals surface area contributed by atoms with E-state index in [2.05, 4.69) is 0 Å². The van der Waals surface area contributed by atoms with Crippen LogP contribution in [0.1, 0.15) is 76.7 Å². The van der Waals surface area contributed by atoms with Crippen LogP contribution in [0, 0.1) is 16.7 Å². The van der Waals surface area contributed by atoms with Gasteiger partial charge < -0.3 is 29.2 Å². The number of aliphatic hydroxyl groups excluding tert-OH is 1. The van der Waals surface area contributed by atoms with Crippen LogP contribution in [0.5, 0.6) is 0 Å². The number of fused-ring (bicyclic) bond motifs is 3. The van der Waals surface area contributed by atoms with Gasteiger partial charge in [0.05, 0.1) is 29.8 Å². The highest BCUT2D eigenvalue weighted by Gasteiger charge is 2.69. The molecule has 10 nitrogen and oxygen atoms in total. The lowest BCUT2D eigenvalue weighted by atomic mass is 9.50. The molecule has 48 heavy (non-hydrogen) atoms. The Morgan fingerprint density at radius 3 is 2.21 bits per heavy atom. The number of Topliss-reactive ketones (excluding diaryl/α,β-unsaturated/α-hetero) is 1. The molecule has 1 saturated carbocycles. The number of carbonyl (C=O) groups is 4. The molecule has 0 unspecified atom stereocenters. The zero-order valence-corrected chi connectivity index (χ0v) is 28.4. The van der Waals surface area contributed by atoms with Crippen molar-refractivity contribution in [3.05, 3.63) is 82.9 Å². The van der Waals surface area contributed by atoms with E-state index >= 15 is 0 Å². The van der Waals surface area contributed by atoms with Gasteiger partial charge in [0.1, 0.15) is 17.8 Å². The van der Waals surface area contributed by atoms with E-state index in [0.29, 0.717) is 12.0 Å². The summed E-state index contributed by atoms with van der Waals surface area (Å²) in [5, 5.41) is 24.9. The Bertz CT molecular complexity index is 1570. The summed E-state index contributed by atoms with van der Waals surface area (Å²) >= 11 is 0. The summed E-state index contributed by atoms with van der Waals surface area (Å²) < 4.78 is 24.2. The molecule has 1 saturated heterocycles. The van der Waals surface area contributed by atoms with Crippen LogP contribution < -0.4 is 0 Å². The molecular weight excluding hydrogens is 616 g/mol. The number of ether oxygens (including phenoxy) is 4. The fourth-order valence-electron chi connectivity index (χ4n) is 7.86. The first-order valence-corrected chi connectivity index (χ1v) is 16.5. The van der Waals surface area contributed by atoms with Crippen molar-refractivity contribution in [1.29, 1.82) is 0 Å². The number of aliphatic hydroxyl groups is 2. The molecule has 2 aliphatic carbocycles. The Hall–Kier alpha value is -3.86. The summed E-state index contributed by atoms with van der Waals surface area (Å²) in [5.41, 5.74) is -3.21. The fourth-order valence-corrected chi connectivity index (χ4v) is 7.86. The maximum Gasteiger partial charge on any atom is 0.338 e. The average molecular weight is 663 g/mol. The third-order valence-electron chi connectivity index (χ3n) is 10.9. The van der Waals surface area contributed by atoms with Crippen molar-refractivity contribution < 1.29 is 48.3 Å². The molecule has 10 heteroatoms. The third-order valence-corrected chi connectivity index (χ3v) is 10.9. The Morgan fingerprint density at radius 1 is 0.958 bits per heavy atom. The lowest BCUT2D eigenvalue weighted by Gasteiger charge is -2.59. The summed E-state index contributed by atoms with van der Waals surface area (Å²) in [6.07, 6.45) is -5.43. The van der Waals surface area contributed by atoms with Crippen molar-refractivity contribution in [2.75, 3.05) is 6.61 Å². The van der Waals surface area contributed by atoms with E-state index in [1.165, 1.54) is 6.92 Å². The number of aryl methyl sites for hydroxylation is 1. The van der Waals surface area contributed by atoms with Crippen LogP contribution in [0.3, 0.4) is 0 Å². The molecule has 5 rings (SSSR count).